The molecule has 0 bridgehead atoms. The van der Waals surface area contributed by atoms with Gasteiger partial charge in [0.1, 0.15) is 5.75 Å². The Hall–Kier alpha value is -1.36. The summed E-state index contributed by atoms with van der Waals surface area (Å²) in [6.07, 6.45) is 1.94. The molecule has 0 N–H and O–H groups in total. The Balaban J connectivity index is 2.13. The molecule has 2 aromatic rings. The molecular formula is C12H14BrN3O. The lowest BCUT2D eigenvalue weighted by Gasteiger charge is -2.03. The number of methoxy groups -OCH3 is 1. The first-order valence-corrected chi connectivity index (χ1v) is 6.27. The van der Waals surface area contributed by atoms with E-state index in [-0.39, 0.29) is 4.83 Å². The molecule has 2 rings (SSSR count). The number of benzene rings is 1. The molecule has 1 aromatic carbocycles. The van der Waals surface area contributed by atoms with E-state index in [1.54, 1.807) is 7.11 Å². The summed E-state index contributed by atoms with van der Waals surface area (Å²) in [6.45, 7) is 2.73. The van der Waals surface area contributed by atoms with Crippen LogP contribution in [0.15, 0.2) is 30.5 Å². The summed E-state index contributed by atoms with van der Waals surface area (Å²) >= 11 is 3.47. The number of aromatic nitrogens is 3. The minimum Gasteiger partial charge on any atom is -0.497 e. The smallest absolute Gasteiger partial charge is 0.119 e. The van der Waals surface area contributed by atoms with E-state index in [0.717, 1.165) is 17.0 Å². The third-order valence-corrected chi connectivity index (χ3v) is 2.91. The van der Waals surface area contributed by atoms with Gasteiger partial charge in [0, 0.05) is 6.20 Å². The monoisotopic (exact) mass is 295 g/mol. The van der Waals surface area contributed by atoms with Gasteiger partial charge in [-0.25, -0.2) is 4.68 Å². The van der Waals surface area contributed by atoms with Crippen LogP contribution in [-0.4, -0.2) is 22.1 Å². The SMILES string of the molecule is COc1cccc(Cn2cc(C(C)Br)nn2)c1. The van der Waals surface area contributed by atoms with Crippen molar-refractivity contribution in [1.29, 1.82) is 0 Å². The quantitative estimate of drug-likeness (QED) is 0.815. The van der Waals surface area contributed by atoms with E-state index in [1.807, 2.05) is 42.1 Å². The average molecular weight is 296 g/mol. The van der Waals surface area contributed by atoms with Crippen molar-refractivity contribution < 1.29 is 4.74 Å². The maximum absolute atomic E-state index is 5.18. The van der Waals surface area contributed by atoms with Crippen LogP contribution in [-0.2, 0) is 6.54 Å². The molecule has 0 saturated carbocycles. The van der Waals surface area contributed by atoms with Gasteiger partial charge in [-0.2, -0.15) is 0 Å². The van der Waals surface area contributed by atoms with Gasteiger partial charge < -0.3 is 4.74 Å². The molecule has 0 aliphatic carbocycles. The lowest BCUT2D eigenvalue weighted by Crippen LogP contribution is -2.00. The first-order valence-electron chi connectivity index (χ1n) is 5.36. The fraction of sp³-hybridized carbons (Fsp3) is 0.333. The zero-order valence-corrected chi connectivity index (χ0v) is 11.4. The molecule has 0 amide bonds. The summed E-state index contributed by atoms with van der Waals surface area (Å²) in [6, 6.07) is 7.94. The van der Waals surface area contributed by atoms with Crippen molar-refractivity contribution >= 4 is 15.9 Å². The second kappa shape index (κ2) is 5.31. The van der Waals surface area contributed by atoms with Crippen LogP contribution in [0.3, 0.4) is 0 Å². The summed E-state index contributed by atoms with van der Waals surface area (Å²) in [5.74, 6) is 0.858. The van der Waals surface area contributed by atoms with Gasteiger partial charge >= 0.3 is 0 Å². The molecule has 4 nitrogen and oxygen atoms in total. The Bertz CT molecular complexity index is 496. The molecular weight excluding hydrogens is 282 g/mol. The maximum Gasteiger partial charge on any atom is 0.119 e. The van der Waals surface area contributed by atoms with Crippen molar-refractivity contribution in [3.63, 3.8) is 0 Å². The third-order valence-electron chi connectivity index (χ3n) is 2.44. The largest absolute Gasteiger partial charge is 0.497 e. The lowest BCUT2D eigenvalue weighted by atomic mass is 10.2. The predicted octanol–water partition coefficient (Wildman–Crippen LogP) is 2.79. The van der Waals surface area contributed by atoms with Crippen LogP contribution < -0.4 is 4.74 Å². The van der Waals surface area contributed by atoms with E-state index in [9.17, 15) is 0 Å². The number of nitrogens with zero attached hydrogens (tertiary/aromatic N) is 3. The maximum atomic E-state index is 5.18. The fourth-order valence-electron chi connectivity index (χ4n) is 1.53. The Morgan fingerprint density at radius 3 is 2.94 bits per heavy atom. The molecule has 0 spiro atoms. The average Bonchev–Trinajstić information content (AvgIpc) is 2.78. The zero-order valence-electron chi connectivity index (χ0n) is 9.80. The second-order valence-corrected chi connectivity index (χ2v) is 5.18. The normalized spacial score (nSPS) is 12.4. The van der Waals surface area contributed by atoms with Crippen LogP contribution in [0.5, 0.6) is 5.75 Å². The minimum absolute atomic E-state index is 0.224. The molecule has 0 fully saturated rings. The zero-order chi connectivity index (χ0) is 12.3. The van der Waals surface area contributed by atoms with Crippen LogP contribution in [0.2, 0.25) is 0 Å². The standard InChI is InChI=1S/C12H14BrN3O/c1-9(13)12-8-16(15-14-12)7-10-4-3-5-11(6-10)17-2/h3-6,8-9H,7H2,1-2H3. The first-order chi connectivity index (χ1) is 8.19. The van der Waals surface area contributed by atoms with Gasteiger partial charge in [-0.1, -0.05) is 33.3 Å². The lowest BCUT2D eigenvalue weighted by molar-refractivity contribution is 0.414. The molecule has 90 valence electrons. The summed E-state index contributed by atoms with van der Waals surface area (Å²) < 4.78 is 7.00. The van der Waals surface area contributed by atoms with Crippen molar-refractivity contribution in [1.82, 2.24) is 15.0 Å². The number of alkyl halides is 1. The van der Waals surface area contributed by atoms with Crippen molar-refractivity contribution in [2.45, 2.75) is 18.3 Å². The number of halogens is 1. The van der Waals surface area contributed by atoms with E-state index in [0.29, 0.717) is 6.54 Å². The van der Waals surface area contributed by atoms with Gasteiger partial charge in [-0.15, -0.1) is 5.10 Å². The Morgan fingerprint density at radius 2 is 2.29 bits per heavy atom. The molecule has 5 heteroatoms. The summed E-state index contributed by atoms with van der Waals surface area (Å²) in [5.41, 5.74) is 2.08. The molecule has 0 saturated heterocycles. The van der Waals surface area contributed by atoms with Crippen LogP contribution in [0.1, 0.15) is 23.0 Å². The molecule has 0 aliphatic heterocycles. The summed E-state index contributed by atoms with van der Waals surface area (Å²) in [5, 5.41) is 8.17. The molecule has 1 unspecified atom stereocenters. The fourth-order valence-corrected chi connectivity index (χ4v) is 1.74. The predicted molar refractivity (Wildman–Crippen MR) is 69.5 cm³/mol. The Labute approximate surface area is 109 Å². The van der Waals surface area contributed by atoms with Gasteiger partial charge in [0.15, 0.2) is 0 Å². The van der Waals surface area contributed by atoms with Crippen LogP contribution in [0, 0.1) is 0 Å². The Kier molecular flexibility index (Phi) is 3.78. The van der Waals surface area contributed by atoms with Crippen LogP contribution in [0.25, 0.3) is 0 Å². The topological polar surface area (TPSA) is 39.9 Å². The van der Waals surface area contributed by atoms with Crippen molar-refractivity contribution in [2.24, 2.45) is 0 Å². The van der Waals surface area contributed by atoms with Gasteiger partial charge in [0.25, 0.3) is 0 Å². The molecule has 1 heterocycles. The highest BCUT2D eigenvalue weighted by molar-refractivity contribution is 9.09. The highest BCUT2D eigenvalue weighted by Crippen LogP contribution is 2.19. The second-order valence-electron chi connectivity index (χ2n) is 3.81. The summed E-state index contributed by atoms with van der Waals surface area (Å²) in [4.78, 5) is 0.224. The van der Waals surface area contributed by atoms with Crippen LogP contribution >= 0.6 is 15.9 Å². The van der Waals surface area contributed by atoms with Crippen molar-refractivity contribution in [3.05, 3.63) is 41.7 Å². The van der Waals surface area contributed by atoms with Gasteiger partial charge in [0.05, 0.1) is 24.2 Å². The minimum atomic E-state index is 0.224. The molecule has 17 heavy (non-hydrogen) atoms. The van der Waals surface area contributed by atoms with E-state index in [2.05, 4.69) is 26.2 Å². The Morgan fingerprint density at radius 1 is 1.47 bits per heavy atom. The van der Waals surface area contributed by atoms with Crippen LogP contribution in [0.4, 0.5) is 0 Å². The van der Waals surface area contributed by atoms with Crippen molar-refractivity contribution in [2.75, 3.05) is 7.11 Å². The number of rotatable bonds is 4. The van der Waals surface area contributed by atoms with Gasteiger partial charge in [-0.3, -0.25) is 0 Å². The number of hydrogen-bond acceptors (Lipinski definition) is 3. The molecule has 0 radical (unpaired) electrons. The number of ether oxygens (including phenoxy) is 1. The van der Waals surface area contributed by atoms with Gasteiger partial charge in [-0.05, 0) is 24.6 Å². The number of hydrogen-bond donors (Lipinski definition) is 0. The molecule has 1 atom stereocenters. The summed E-state index contributed by atoms with van der Waals surface area (Å²) in [7, 11) is 1.67. The molecule has 1 aromatic heterocycles. The van der Waals surface area contributed by atoms with E-state index < -0.39 is 0 Å². The van der Waals surface area contributed by atoms with E-state index >= 15 is 0 Å². The van der Waals surface area contributed by atoms with E-state index in [1.165, 1.54) is 0 Å². The highest BCUT2D eigenvalue weighted by Gasteiger charge is 2.06. The highest BCUT2D eigenvalue weighted by atomic mass is 79.9. The first kappa shape index (κ1) is 12.1. The third kappa shape index (κ3) is 3.06. The van der Waals surface area contributed by atoms with Crippen molar-refractivity contribution in [3.8, 4) is 5.75 Å². The van der Waals surface area contributed by atoms with E-state index in [4.69, 9.17) is 4.74 Å². The molecule has 0 aliphatic rings. The van der Waals surface area contributed by atoms with Gasteiger partial charge in [0.2, 0.25) is 0 Å².